The van der Waals surface area contributed by atoms with Crippen molar-refractivity contribution in [1.82, 2.24) is 14.9 Å². The van der Waals surface area contributed by atoms with Crippen molar-refractivity contribution in [3.05, 3.63) is 77.5 Å². The van der Waals surface area contributed by atoms with E-state index in [4.69, 9.17) is 5.21 Å². The number of hydroxylamine groups is 1. The molecule has 0 aliphatic rings. The van der Waals surface area contributed by atoms with Crippen LogP contribution in [0.25, 0.3) is 17.0 Å². The second-order valence-corrected chi connectivity index (χ2v) is 6.44. The van der Waals surface area contributed by atoms with E-state index >= 15 is 0 Å². The Balaban J connectivity index is 1.88. The Bertz CT molecular complexity index is 1000. The maximum atomic E-state index is 12.5. The smallest absolute Gasteiger partial charge is 0.267 e. The highest BCUT2D eigenvalue weighted by molar-refractivity contribution is 6.06. The minimum absolute atomic E-state index is 0.0207. The molecule has 0 saturated heterocycles. The van der Waals surface area contributed by atoms with E-state index in [0.29, 0.717) is 12.1 Å². The third-order valence-corrected chi connectivity index (χ3v) is 4.30. The second-order valence-electron chi connectivity index (χ2n) is 6.44. The van der Waals surface area contributed by atoms with Gasteiger partial charge in [-0.2, -0.15) is 0 Å². The molecule has 0 aliphatic heterocycles. The first kappa shape index (κ1) is 18.4. The topological polar surface area (TPSA) is 74.6 Å². The van der Waals surface area contributed by atoms with Gasteiger partial charge in [0.15, 0.2) is 0 Å². The minimum Gasteiger partial charge on any atom is -0.345 e. The first-order valence-electron chi connectivity index (χ1n) is 8.50. The average molecular weight is 363 g/mol. The fourth-order valence-electron chi connectivity index (χ4n) is 2.93. The van der Waals surface area contributed by atoms with Gasteiger partial charge in [0.25, 0.3) is 11.8 Å². The van der Waals surface area contributed by atoms with E-state index in [1.807, 2.05) is 54.7 Å². The number of carbonyl (C=O) groups excluding carboxylic acids is 2. The van der Waals surface area contributed by atoms with Crippen molar-refractivity contribution >= 4 is 28.8 Å². The highest BCUT2D eigenvalue weighted by Crippen LogP contribution is 2.23. The molecule has 0 atom stereocenters. The Kier molecular flexibility index (Phi) is 5.38. The number of benzene rings is 2. The standard InChI is InChI=1S/C21H21N3O3/c1-23(2)21(26)18-14-24(19-6-4-3-5-17(18)19)13-16-9-7-15(8-10-16)11-12-20(25)22-27/h3-12,14,27H,13H2,1-2H3,(H,22,25). The third-order valence-electron chi connectivity index (χ3n) is 4.30. The monoisotopic (exact) mass is 363 g/mol. The normalized spacial score (nSPS) is 11.1. The number of aromatic nitrogens is 1. The summed E-state index contributed by atoms with van der Waals surface area (Å²) in [5.74, 6) is -0.594. The van der Waals surface area contributed by atoms with Gasteiger partial charge < -0.3 is 9.47 Å². The summed E-state index contributed by atoms with van der Waals surface area (Å²) in [6.45, 7) is 0.627. The summed E-state index contributed by atoms with van der Waals surface area (Å²) in [7, 11) is 3.50. The molecular weight excluding hydrogens is 342 g/mol. The maximum Gasteiger partial charge on any atom is 0.267 e. The number of rotatable bonds is 5. The zero-order valence-corrected chi connectivity index (χ0v) is 15.2. The van der Waals surface area contributed by atoms with Crippen LogP contribution >= 0.6 is 0 Å². The summed E-state index contributed by atoms with van der Waals surface area (Å²) < 4.78 is 2.07. The van der Waals surface area contributed by atoms with E-state index in [9.17, 15) is 9.59 Å². The molecule has 1 heterocycles. The van der Waals surface area contributed by atoms with Crippen LogP contribution in [-0.2, 0) is 11.3 Å². The molecule has 0 aliphatic carbocycles. The molecule has 0 bridgehead atoms. The highest BCUT2D eigenvalue weighted by Gasteiger charge is 2.16. The van der Waals surface area contributed by atoms with Gasteiger partial charge in [0.2, 0.25) is 0 Å². The largest absolute Gasteiger partial charge is 0.345 e. The van der Waals surface area contributed by atoms with E-state index in [2.05, 4.69) is 4.57 Å². The summed E-state index contributed by atoms with van der Waals surface area (Å²) >= 11 is 0. The quantitative estimate of drug-likeness (QED) is 0.416. The zero-order chi connectivity index (χ0) is 19.4. The molecule has 0 spiro atoms. The van der Waals surface area contributed by atoms with Gasteiger partial charge >= 0.3 is 0 Å². The van der Waals surface area contributed by atoms with E-state index in [0.717, 1.165) is 22.0 Å². The van der Waals surface area contributed by atoms with Crippen LogP contribution < -0.4 is 5.48 Å². The van der Waals surface area contributed by atoms with Crippen molar-refractivity contribution in [2.24, 2.45) is 0 Å². The van der Waals surface area contributed by atoms with Crippen LogP contribution in [0.5, 0.6) is 0 Å². The van der Waals surface area contributed by atoms with Crippen LogP contribution in [0.1, 0.15) is 21.5 Å². The Morgan fingerprint density at radius 1 is 1.11 bits per heavy atom. The van der Waals surface area contributed by atoms with Crippen molar-refractivity contribution in [1.29, 1.82) is 0 Å². The number of hydrogen-bond donors (Lipinski definition) is 2. The van der Waals surface area contributed by atoms with Gasteiger partial charge in [-0.15, -0.1) is 0 Å². The molecule has 3 rings (SSSR count). The van der Waals surface area contributed by atoms with Crippen LogP contribution in [0.3, 0.4) is 0 Å². The van der Waals surface area contributed by atoms with Gasteiger partial charge in [-0.05, 0) is 23.3 Å². The fraction of sp³-hybridized carbons (Fsp3) is 0.143. The summed E-state index contributed by atoms with van der Waals surface area (Å²) in [4.78, 5) is 25.1. The van der Waals surface area contributed by atoms with Crippen molar-refractivity contribution < 1.29 is 14.8 Å². The third kappa shape index (κ3) is 4.07. The molecule has 0 fully saturated rings. The van der Waals surface area contributed by atoms with Gasteiger partial charge in [0.1, 0.15) is 0 Å². The van der Waals surface area contributed by atoms with Crippen LogP contribution in [-0.4, -0.2) is 40.6 Å². The number of fused-ring (bicyclic) bond motifs is 1. The molecule has 0 unspecified atom stereocenters. The lowest BCUT2D eigenvalue weighted by Crippen LogP contribution is -2.21. The number of carbonyl (C=O) groups is 2. The molecule has 27 heavy (non-hydrogen) atoms. The molecule has 2 N–H and O–H groups in total. The predicted octanol–water partition coefficient (Wildman–Crippen LogP) is 2.91. The van der Waals surface area contributed by atoms with Crippen LogP contribution in [0.15, 0.2) is 60.8 Å². The first-order valence-corrected chi connectivity index (χ1v) is 8.50. The van der Waals surface area contributed by atoms with Gasteiger partial charge in [0, 0.05) is 43.8 Å². The number of nitrogens with one attached hydrogen (secondary N) is 1. The first-order chi connectivity index (χ1) is 13.0. The van der Waals surface area contributed by atoms with Gasteiger partial charge in [-0.3, -0.25) is 14.8 Å². The van der Waals surface area contributed by atoms with Crippen LogP contribution in [0.2, 0.25) is 0 Å². The predicted molar refractivity (Wildman–Crippen MR) is 104 cm³/mol. The number of hydrogen-bond acceptors (Lipinski definition) is 3. The minimum atomic E-state index is -0.573. The Morgan fingerprint density at radius 3 is 2.48 bits per heavy atom. The summed E-state index contributed by atoms with van der Waals surface area (Å²) in [5, 5.41) is 9.44. The van der Waals surface area contributed by atoms with Crippen molar-refractivity contribution in [3.63, 3.8) is 0 Å². The van der Waals surface area contributed by atoms with E-state index in [1.165, 1.54) is 6.08 Å². The lowest BCUT2D eigenvalue weighted by Gasteiger charge is -2.08. The lowest BCUT2D eigenvalue weighted by molar-refractivity contribution is -0.124. The summed E-state index contributed by atoms with van der Waals surface area (Å²) in [6, 6.07) is 15.6. The van der Waals surface area contributed by atoms with Crippen molar-refractivity contribution in [3.8, 4) is 0 Å². The second kappa shape index (κ2) is 7.88. The molecule has 3 aromatic rings. The maximum absolute atomic E-state index is 12.5. The Hall–Kier alpha value is -3.38. The molecule has 138 valence electrons. The van der Waals surface area contributed by atoms with E-state index in [1.54, 1.807) is 30.6 Å². The summed E-state index contributed by atoms with van der Waals surface area (Å²) in [6.07, 6.45) is 4.77. The number of para-hydroxylation sites is 1. The fourth-order valence-corrected chi connectivity index (χ4v) is 2.93. The molecule has 2 amide bonds. The van der Waals surface area contributed by atoms with Crippen LogP contribution in [0.4, 0.5) is 0 Å². The van der Waals surface area contributed by atoms with Gasteiger partial charge in [-0.25, -0.2) is 5.48 Å². The Labute approximate surface area is 157 Å². The summed E-state index contributed by atoms with van der Waals surface area (Å²) in [5.41, 5.74) is 5.17. The molecule has 1 aromatic heterocycles. The highest BCUT2D eigenvalue weighted by atomic mass is 16.5. The molecular formula is C21H21N3O3. The molecule has 2 aromatic carbocycles. The van der Waals surface area contributed by atoms with Crippen molar-refractivity contribution in [2.75, 3.05) is 14.1 Å². The molecule has 6 nitrogen and oxygen atoms in total. The Morgan fingerprint density at radius 2 is 1.81 bits per heavy atom. The number of nitrogens with zero attached hydrogens (tertiary/aromatic N) is 2. The molecule has 6 heteroatoms. The van der Waals surface area contributed by atoms with Gasteiger partial charge in [0.05, 0.1) is 5.56 Å². The zero-order valence-electron chi connectivity index (χ0n) is 15.2. The molecule has 0 radical (unpaired) electrons. The van der Waals surface area contributed by atoms with Gasteiger partial charge in [-0.1, -0.05) is 42.5 Å². The average Bonchev–Trinajstić information content (AvgIpc) is 3.05. The lowest BCUT2D eigenvalue weighted by atomic mass is 10.1. The van der Waals surface area contributed by atoms with Crippen LogP contribution in [0, 0.1) is 0 Å². The van der Waals surface area contributed by atoms with E-state index < -0.39 is 5.91 Å². The van der Waals surface area contributed by atoms with Crippen molar-refractivity contribution in [2.45, 2.75) is 6.54 Å². The number of amides is 2. The molecule has 0 saturated carbocycles. The SMILES string of the molecule is CN(C)C(=O)c1cn(Cc2ccc(C=CC(=O)NO)cc2)c2ccccc12. The van der Waals surface area contributed by atoms with E-state index in [-0.39, 0.29) is 5.91 Å².